The fourth-order valence-corrected chi connectivity index (χ4v) is 2.68. The Kier molecular flexibility index (Phi) is 8.92. The standard InChI is InChI=1S/C23H28N2O3/c1-3-4-5-6-7-11-22(26)25-24-17-19-12-14-21(15-13-19)28-23(27)20-10-8-9-18(2)16-20/h8-10,12-17H,3-7,11H2,1-2H3,(H,25,26). The van der Waals surface area contributed by atoms with E-state index in [1.54, 1.807) is 42.6 Å². The van der Waals surface area contributed by atoms with Crippen LogP contribution in [0.3, 0.4) is 0 Å². The molecule has 2 aromatic carbocycles. The van der Waals surface area contributed by atoms with E-state index in [9.17, 15) is 9.59 Å². The van der Waals surface area contributed by atoms with Crippen molar-refractivity contribution in [1.29, 1.82) is 0 Å². The van der Waals surface area contributed by atoms with Crippen LogP contribution in [-0.4, -0.2) is 18.1 Å². The first-order valence-electron chi connectivity index (χ1n) is 9.79. The van der Waals surface area contributed by atoms with Gasteiger partial charge in [0.2, 0.25) is 5.91 Å². The fourth-order valence-electron chi connectivity index (χ4n) is 2.68. The molecule has 5 heteroatoms. The van der Waals surface area contributed by atoms with Crippen molar-refractivity contribution < 1.29 is 14.3 Å². The van der Waals surface area contributed by atoms with Crippen LogP contribution in [0.25, 0.3) is 0 Å². The Balaban J connectivity index is 1.76. The molecule has 0 radical (unpaired) electrons. The van der Waals surface area contributed by atoms with Crippen LogP contribution >= 0.6 is 0 Å². The van der Waals surface area contributed by atoms with E-state index in [0.717, 1.165) is 24.0 Å². The lowest BCUT2D eigenvalue weighted by Crippen LogP contribution is -2.16. The van der Waals surface area contributed by atoms with Crippen LogP contribution in [0.5, 0.6) is 5.75 Å². The number of esters is 1. The number of benzene rings is 2. The lowest BCUT2D eigenvalue weighted by molar-refractivity contribution is -0.121. The molecule has 0 fully saturated rings. The second-order valence-corrected chi connectivity index (χ2v) is 6.79. The highest BCUT2D eigenvalue weighted by atomic mass is 16.5. The molecule has 2 aromatic rings. The van der Waals surface area contributed by atoms with Gasteiger partial charge in [0.1, 0.15) is 5.75 Å². The number of hydrazone groups is 1. The van der Waals surface area contributed by atoms with Gasteiger partial charge < -0.3 is 4.74 Å². The van der Waals surface area contributed by atoms with Crippen molar-refractivity contribution in [2.45, 2.75) is 52.4 Å². The molecule has 0 unspecified atom stereocenters. The lowest BCUT2D eigenvalue weighted by atomic mass is 10.1. The molecule has 148 valence electrons. The lowest BCUT2D eigenvalue weighted by Gasteiger charge is -2.05. The van der Waals surface area contributed by atoms with Crippen LogP contribution in [0.4, 0.5) is 0 Å². The Morgan fingerprint density at radius 1 is 1.04 bits per heavy atom. The second kappa shape index (κ2) is 11.7. The van der Waals surface area contributed by atoms with Crippen molar-refractivity contribution in [3.8, 4) is 5.75 Å². The summed E-state index contributed by atoms with van der Waals surface area (Å²) in [5, 5.41) is 3.97. The highest BCUT2D eigenvalue weighted by Gasteiger charge is 2.08. The summed E-state index contributed by atoms with van der Waals surface area (Å²) >= 11 is 0. The van der Waals surface area contributed by atoms with Crippen molar-refractivity contribution in [3.63, 3.8) is 0 Å². The zero-order chi connectivity index (χ0) is 20.2. The maximum Gasteiger partial charge on any atom is 0.343 e. The van der Waals surface area contributed by atoms with E-state index in [2.05, 4.69) is 17.5 Å². The molecule has 0 bridgehead atoms. The number of nitrogens with zero attached hydrogens (tertiary/aromatic N) is 1. The number of carbonyl (C=O) groups excluding carboxylic acids is 2. The molecular weight excluding hydrogens is 352 g/mol. The predicted molar refractivity (Wildman–Crippen MR) is 112 cm³/mol. The van der Waals surface area contributed by atoms with E-state index >= 15 is 0 Å². The van der Waals surface area contributed by atoms with E-state index in [1.165, 1.54) is 19.3 Å². The number of unbranched alkanes of at least 4 members (excludes halogenated alkanes) is 4. The molecule has 2 rings (SSSR count). The number of hydrogen-bond acceptors (Lipinski definition) is 4. The summed E-state index contributed by atoms with van der Waals surface area (Å²) in [5.74, 6) is -0.00691. The number of carbonyl (C=O) groups is 2. The third kappa shape index (κ3) is 7.74. The Hall–Kier alpha value is -2.95. The van der Waals surface area contributed by atoms with E-state index in [0.29, 0.717) is 17.7 Å². The molecule has 0 aliphatic rings. The van der Waals surface area contributed by atoms with Crippen molar-refractivity contribution >= 4 is 18.1 Å². The molecule has 0 aliphatic heterocycles. The Labute approximate surface area is 166 Å². The van der Waals surface area contributed by atoms with Gasteiger partial charge in [-0.15, -0.1) is 0 Å². The quantitative estimate of drug-likeness (QED) is 0.207. The van der Waals surface area contributed by atoms with Crippen LogP contribution in [0, 0.1) is 6.92 Å². The van der Waals surface area contributed by atoms with Gasteiger partial charge in [0.05, 0.1) is 11.8 Å². The first-order valence-corrected chi connectivity index (χ1v) is 9.79. The molecule has 0 aromatic heterocycles. The highest BCUT2D eigenvalue weighted by molar-refractivity contribution is 5.91. The van der Waals surface area contributed by atoms with Gasteiger partial charge in [0.15, 0.2) is 0 Å². The summed E-state index contributed by atoms with van der Waals surface area (Å²) in [6.45, 7) is 4.10. The number of nitrogens with one attached hydrogen (secondary N) is 1. The minimum Gasteiger partial charge on any atom is -0.423 e. The number of ether oxygens (including phenoxy) is 1. The van der Waals surface area contributed by atoms with Gasteiger partial charge in [-0.3, -0.25) is 4.79 Å². The molecular formula is C23H28N2O3. The molecule has 0 saturated heterocycles. The van der Waals surface area contributed by atoms with Crippen LogP contribution in [0.15, 0.2) is 53.6 Å². The fraction of sp³-hybridized carbons (Fsp3) is 0.348. The van der Waals surface area contributed by atoms with Gasteiger partial charge in [-0.25, -0.2) is 10.2 Å². The van der Waals surface area contributed by atoms with Crippen LogP contribution in [-0.2, 0) is 4.79 Å². The number of hydrogen-bond donors (Lipinski definition) is 1. The van der Waals surface area contributed by atoms with Gasteiger partial charge in [0, 0.05) is 6.42 Å². The average molecular weight is 380 g/mol. The van der Waals surface area contributed by atoms with Crippen LogP contribution in [0.1, 0.15) is 66.9 Å². The zero-order valence-corrected chi connectivity index (χ0v) is 16.6. The van der Waals surface area contributed by atoms with Crippen LogP contribution < -0.4 is 10.2 Å². The summed E-state index contributed by atoms with van der Waals surface area (Å²) < 4.78 is 5.37. The van der Waals surface area contributed by atoms with Gasteiger partial charge >= 0.3 is 5.97 Å². The summed E-state index contributed by atoms with van der Waals surface area (Å²) in [6, 6.07) is 14.2. The number of amides is 1. The average Bonchev–Trinajstić information content (AvgIpc) is 2.69. The molecule has 1 N–H and O–H groups in total. The van der Waals surface area contributed by atoms with Gasteiger partial charge in [-0.1, -0.05) is 50.3 Å². The van der Waals surface area contributed by atoms with Crippen molar-refractivity contribution in [2.24, 2.45) is 5.10 Å². The first kappa shape index (κ1) is 21.4. The number of rotatable bonds is 10. The van der Waals surface area contributed by atoms with E-state index in [1.807, 2.05) is 19.1 Å². The molecule has 0 spiro atoms. The molecule has 0 heterocycles. The summed E-state index contributed by atoms with van der Waals surface area (Å²) in [7, 11) is 0. The van der Waals surface area contributed by atoms with E-state index < -0.39 is 5.97 Å². The summed E-state index contributed by atoms with van der Waals surface area (Å²) in [5.41, 5.74) is 4.87. The van der Waals surface area contributed by atoms with Gasteiger partial charge in [0.25, 0.3) is 0 Å². The Morgan fingerprint density at radius 3 is 2.50 bits per heavy atom. The second-order valence-electron chi connectivity index (χ2n) is 6.79. The smallest absolute Gasteiger partial charge is 0.343 e. The molecule has 0 atom stereocenters. The molecule has 0 saturated carbocycles. The first-order chi connectivity index (χ1) is 13.6. The van der Waals surface area contributed by atoms with E-state index in [-0.39, 0.29) is 5.91 Å². The SMILES string of the molecule is CCCCCCCC(=O)NN=Cc1ccc(OC(=O)c2cccc(C)c2)cc1. The molecule has 5 nitrogen and oxygen atoms in total. The Bertz CT molecular complexity index is 798. The monoisotopic (exact) mass is 380 g/mol. The third-order valence-corrected chi connectivity index (χ3v) is 4.25. The Morgan fingerprint density at radius 2 is 1.79 bits per heavy atom. The normalized spacial score (nSPS) is 10.8. The van der Waals surface area contributed by atoms with Gasteiger partial charge in [-0.05, 0) is 55.3 Å². The molecule has 1 amide bonds. The summed E-state index contributed by atoms with van der Waals surface area (Å²) in [4.78, 5) is 23.9. The van der Waals surface area contributed by atoms with Gasteiger partial charge in [-0.2, -0.15) is 5.10 Å². The largest absolute Gasteiger partial charge is 0.423 e. The minimum absolute atomic E-state index is 0.0727. The maximum absolute atomic E-state index is 12.1. The van der Waals surface area contributed by atoms with Crippen molar-refractivity contribution in [2.75, 3.05) is 0 Å². The van der Waals surface area contributed by atoms with Crippen LogP contribution in [0.2, 0.25) is 0 Å². The zero-order valence-electron chi connectivity index (χ0n) is 16.6. The van der Waals surface area contributed by atoms with E-state index in [4.69, 9.17) is 4.74 Å². The third-order valence-electron chi connectivity index (χ3n) is 4.25. The minimum atomic E-state index is -0.392. The maximum atomic E-state index is 12.1. The van der Waals surface area contributed by atoms with Crippen molar-refractivity contribution in [3.05, 3.63) is 65.2 Å². The molecule has 28 heavy (non-hydrogen) atoms. The van der Waals surface area contributed by atoms with Crippen molar-refractivity contribution in [1.82, 2.24) is 5.43 Å². The predicted octanol–water partition coefficient (Wildman–Crippen LogP) is 5.02. The topological polar surface area (TPSA) is 67.8 Å². The highest BCUT2D eigenvalue weighted by Crippen LogP contribution is 2.14. The molecule has 0 aliphatic carbocycles. The number of aryl methyl sites for hydroxylation is 1. The summed E-state index contributed by atoms with van der Waals surface area (Å²) in [6.07, 6.45) is 7.62.